The molecule has 30 heavy (non-hydrogen) atoms. The number of piperazine rings is 1. The summed E-state index contributed by atoms with van der Waals surface area (Å²) in [6.07, 6.45) is 4.79. The van der Waals surface area contributed by atoms with Crippen molar-refractivity contribution in [3.8, 4) is 5.75 Å². The van der Waals surface area contributed by atoms with E-state index in [9.17, 15) is 0 Å². The van der Waals surface area contributed by atoms with Gasteiger partial charge >= 0.3 is 0 Å². The summed E-state index contributed by atoms with van der Waals surface area (Å²) in [5, 5.41) is 3.48. The highest BCUT2D eigenvalue weighted by atomic mass is 127. The van der Waals surface area contributed by atoms with E-state index in [0.717, 1.165) is 57.2 Å². The maximum absolute atomic E-state index is 6.13. The van der Waals surface area contributed by atoms with E-state index in [2.05, 4.69) is 34.0 Å². The number of rotatable bonds is 8. The summed E-state index contributed by atoms with van der Waals surface area (Å²) in [5.41, 5.74) is 0. The van der Waals surface area contributed by atoms with Gasteiger partial charge in [-0.1, -0.05) is 18.2 Å². The van der Waals surface area contributed by atoms with Gasteiger partial charge in [-0.25, -0.2) is 0 Å². The molecule has 0 radical (unpaired) electrons. The summed E-state index contributed by atoms with van der Waals surface area (Å²) in [5.74, 6) is 2.05. The van der Waals surface area contributed by atoms with E-state index < -0.39 is 0 Å². The van der Waals surface area contributed by atoms with Gasteiger partial charge in [0.1, 0.15) is 11.9 Å². The predicted molar refractivity (Wildman–Crippen MR) is 136 cm³/mol. The van der Waals surface area contributed by atoms with E-state index in [0.29, 0.717) is 6.10 Å². The third-order valence-corrected chi connectivity index (χ3v) is 5.86. The molecule has 0 unspecified atom stereocenters. The molecule has 7 heteroatoms. The molecular weight excluding hydrogens is 489 g/mol. The molecule has 0 saturated carbocycles. The van der Waals surface area contributed by atoms with Crippen LogP contribution in [0.5, 0.6) is 5.75 Å². The number of unbranched alkanes of at least 4 members (excludes halogenated alkanes) is 1. The Balaban J connectivity index is 0.00000320. The fraction of sp³-hybridized carbons (Fsp3) is 0.696. The van der Waals surface area contributed by atoms with Crippen molar-refractivity contribution in [2.75, 3.05) is 66.0 Å². The van der Waals surface area contributed by atoms with E-state index in [1.165, 1.54) is 39.1 Å². The highest BCUT2D eigenvalue weighted by Crippen LogP contribution is 2.18. The number of ether oxygens (including phenoxy) is 1. The maximum atomic E-state index is 6.13. The number of hydrogen-bond acceptors (Lipinski definition) is 4. The van der Waals surface area contributed by atoms with Crippen LogP contribution in [0.3, 0.4) is 0 Å². The first-order valence-electron chi connectivity index (χ1n) is 11.4. The second kappa shape index (κ2) is 14.1. The Morgan fingerprint density at radius 3 is 2.40 bits per heavy atom. The van der Waals surface area contributed by atoms with Gasteiger partial charge in [-0.3, -0.25) is 4.99 Å². The molecule has 2 saturated heterocycles. The molecule has 0 bridgehead atoms. The molecule has 3 rings (SSSR count). The summed E-state index contributed by atoms with van der Waals surface area (Å²) in [6, 6.07) is 10.2. The van der Waals surface area contributed by atoms with Gasteiger partial charge in [0.2, 0.25) is 0 Å². The molecule has 1 aromatic rings. The van der Waals surface area contributed by atoms with Crippen LogP contribution in [0.2, 0.25) is 0 Å². The Morgan fingerprint density at radius 1 is 1.03 bits per heavy atom. The lowest BCUT2D eigenvalue weighted by atomic mass is 10.1. The second-order valence-corrected chi connectivity index (χ2v) is 8.20. The number of aliphatic imine (C=N–C) groups is 1. The largest absolute Gasteiger partial charge is 0.490 e. The number of nitrogens with zero attached hydrogens (tertiary/aromatic N) is 4. The fourth-order valence-electron chi connectivity index (χ4n) is 4.01. The highest BCUT2D eigenvalue weighted by molar-refractivity contribution is 14.0. The Kier molecular flexibility index (Phi) is 11.8. The van der Waals surface area contributed by atoms with Crippen molar-refractivity contribution in [3.05, 3.63) is 30.3 Å². The van der Waals surface area contributed by atoms with E-state index in [4.69, 9.17) is 9.73 Å². The Hall–Kier alpha value is -1.06. The normalized spacial score (nSPS) is 19.4. The molecule has 0 atom stereocenters. The number of benzene rings is 1. The van der Waals surface area contributed by atoms with Gasteiger partial charge in [-0.05, 0) is 45.5 Å². The molecule has 6 nitrogen and oxygen atoms in total. The third-order valence-electron chi connectivity index (χ3n) is 5.86. The van der Waals surface area contributed by atoms with Gasteiger partial charge in [-0.2, -0.15) is 0 Å². The van der Waals surface area contributed by atoms with Crippen molar-refractivity contribution in [1.82, 2.24) is 20.0 Å². The minimum absolute atomic E-state index is 0. The zero-order valence-corrected chi connectivity index (χ0v) is 21.1. The van der Waals surface area contributed by atoms with Crippen molar-refractivity contribution in [1.29, 1.82) is 0 Å². The predicted octanol–water partition coefficient (Wildman–Crippen LogP) is 3.14. The molecule has 2 heterocycles. The first-order valence-corrected chi connectivity index (χ1v) is 11.4. The van der Waals surface area contributed by atoms with Crippen LogP contribution in [0.4, 0.5) is 0 Å². The summed E-state index contributed by atoms with van der Waals surface area (Å²) in [6.45, 7) is 12.0. The van der Waals surface area contributed by atoms with Crippen LogP contribution in [-0.4, -0.2) is 92.7 Å². The van der Waals surface area contributed by atoms with Crippen LogP contribution in [0.1, 0.15) is 32.6 Å². The second-order valence-electron chi connectivity index (χ2n) is 8.20. The number of para-hydroxylation sites is 1. The molecule has 0 aromatic heterocycles. The van der Waals surface area contributed by atoms with Crippen molar-refractivity contribution >= 4 is 29.9 Å². The van der Waals surface area contributed by atoms with Gasteiger partial charge in [0.25, 0.3) is 0 Å². The first kappa shape index (κ1) is 25.2. The lowest BCUT2D eigenvalue weighted by Crippen LogP contribution is -2.47. The highest BCUT2D eigenvalue weighted by Gasteiger charge is 2.22. The van der Waals surface area contributed by atoms with Gasteiger partial charge in [0, 0.05) is 65.2 Å². The molecule has 0 aliphatic carbocycles. The van der Waals surface area contributed by atoms with E-state index in [1.807, 2.05) is 30.3 Å². The SMILES string of the molecule is CCNC(=NCCCCN1CCN(C)CC1)N1CCC(Oc2ccccc2)CC1.I. The Labute approximate surface area is 200 Å². The molecule has 2 aliphatic heterocycles. The molecule has 1 aromatic carbocycles. The van der Waals surface area contributed by atoms with E-state index >= 15 is 0 Å². The van der Waals surface area contributed by atoms with Gasteiger partial charge in [0.15, 0.2) is 5.96 Å². The monoisotopic (exact) mass is 529 g/mol. The van der Waals surface area contributed by atoms with E-state index in [-0.39, 0.29) is 24.0 Å². The standard InChI is InChI=1S/C23H39N5O.HI/c1-3-24-23(25-13-7-8-14-27-19-17-26(2)18-20-27)28-15-11-22(12-16-28)29-21-9-5-4-6-10-21;/h4-6,9-10,22H,3,7-8,11-20H2,1-2H3,(H,24,25);1H. The van der Waals surface area contributed by atoms with Crippen LogP contribution in [-0.2, 0) is 0 Å². The van der Waals surface area contributed by atoms with Gasteiger partial charge in [0.05, 0.1) is 0 Å². The van der Waals surface area contributed by atoms with Crippen LogP contribution >= 0.6 is 24.0 Å². The molecule has 170 valence electrons. The lowest BCUT2D eigenvalue weighted by Gasteiger charge is -2.34. The molecule has 0 spiro atoms. The van der Waals surface area contributed by atoms with Crippen molar-refractivity contribution in [3.63, 3.8) is 0 Å². The molecular formula is C23H40IN5O. The molecule has 1 N–H and O–H groups in total. The summed E-state index contributed by atoms with van der Waals surface area (Å²) < 4.78 is 6.13. The molecule has 0 amide bonds. The minimum Gasteiger partial charge on any atom is -0.490 e. The van der Waals surface area contributed by atoms with Gasteiger partial charge in [-0.15, -0.1) is 24.0 Å². The third kappa shape index (κ3) is 8.59. The lowest BCUT2D eigenvalue weighted by molar-refractivity contribution is 0.129. The van der Waals surface area contributed by atoms with Crippen LogP contribution in [0.25, 0.3) is 0 Å². The Morgan fingerprint density at radius 2 is 1.73 bits per heavy atom. The zero-order chi connectivity index (χ0) is 20.3. The number of likely N-dealkylation sites (tertiary alicyclic amines) is 1. The summed E-state index contributed by atoms with van der Waals surface area (Å²) in [4.78, 5) is 12.3. The number of hydrogen-bond donors (Lipinski definition) is 1. The minimum atomic E-state index is 0. The average molecular weight is 530 g/mol. The van der Waals surface area contributed by atoms with Gasteiger partial charge < -0.3 is 24.8 Å². The quantitative estimate of drug-likeness (QED) is 0.243. The average Bonchev–Trinajstić information content (AvgIpc) is 2.75. The van der Waals surface area contributed by atoms with Crippen LogP contribution in [0, 0.1) is 0 Å². The maximum Gasteiger partial charge on any atom is 0.193 e. The smallest absolute Gasteiger partial charge is 0.193 e. The van der Waals surface area contributed by atoms with Crippen LogP contribution in [0.15, 0.2) is 35.3 Å². The van der Waals surface area contributed by atoms with Crippen molar-refractivity contribution in [2.24, 2.45) is 4.99 Å². The fourth-order valence-corrected chi connectivity index (χ4v) is 4.01. The van der Waals surface area contributed by atoms with Crippen molar-refractivity contribution < 1.29 is 4.74 Å². The van der Waals surface area contributed by atoms with E-state index in [1.54, 1.807) is 0 Å². The number of halogens is 1. The summed E-state index contributed by atoms with van der Waals surface area (Å²) in [7, 11) is 2.21. The topological polar surface area (TPSA) is 43.3 Å². The number of piperidine rings is 1. The number of likely N-dealkylation sites (N-methyl/N-ethyl adjacent to an activating group) is 1. The Bertz CT molecular complexity index is 599. The van der Waals surface area contributed by atoms with Crippen molar-refractivity contribution in [2.45, 2.75) is 38.7 Å². The van der Waals surface area contributed by atoms with Crippen LogP contribution < -0.4 is 10.1 Å². The summed E-state index contributed by atoms with van der Waals surface area (Å²) >= 11 is 0. The number of nitrogens with one attached hydrogen (secondary N) is 1. The molecule has 2 fully saturated rings. The zero-order valence-electron chi connectivity index (χ0n) is 18.8. The number of guanidine groups is 1. The first-order chi connectivity index (χ1) is 14.2. The molecule has 2 aliphatic rings.